The third-order valence-corrected chi connectivity index (χ3v) is 6.35. The summed E-state index contributed by atoms with van der Waals surface area (Å²) in [5.74, 6) is -0.510. The molecular formula is C25H22N4O5S. The average molecular weight is 491 g/mol. The molecule has 2 aromatic heterocycles. The maximum Gasteiger partial charge on any atom is 0.264 e. The van der Waals surface area contributed by atoms with Crippen molar-refractivity contribution in [1.82, 2.24) is 9.97 Å². The minimum Gasteiger partial charge on any atom is -0.463 e. The quantitative estimate of drug-likeness (QED) is 0.391. The topological polar surface area (TPSA) is 131 Å². The largest absolute Gasteiger partial charge is 0.463 e. The molecule has 0 unspecified atom stereocenters. The lowest BCUT2D eigenvalue weighted by atomic mass is 10.1. The Hall–Kier alpha value is -4.31. The molecule has 4 aromatic rings. The highest BCUT2D eigenvalue weighted by atomic mass is 32.2. The highest BCUT2D eigenvalue weighted by molar-refractivity contribution is 7.92. The summed E-state index contributed by atoms with van der Waals surface area (Å²) in [4.78, 5) is 33.1. The van der Waals surface area contributed by atoms with E-state index in [4.69, 9.17) is 4.42 Å². The van der Waals surface area contributed by atoms with Gasteiger partial charge in [0, 0.05) is 23.2 Å². The molecule has 4 rings (SSSR count). The number of hydrogen-bond acceptors (Lipinski definition) is 7. The zero-order chi connectivity index (χ0) is 25.2. The van der Waals surface area contributed by atoms with Crippen LogP contribution in [0.4, 0.5) is 11.6 Å². The van der Waals surface area contributed by atoms with Crippen LogP contribution in [0.5, 0.6) is 0 Å². The molecule has 2 N–H and O–H groups in total. The number of rotatable bonds is 6. The van der Waals surface area contributed by atoms with Gasteiger partial charge in [-0.1, -0.05) is 11.6 Å². The normalized spacial score (nSPS) is 11.6. The molecular weight excluding hydrogens is 468 g/mol. The van der Waals surface area contributed by atoms with Crippen LogP contribution < -0.4 is 15.5 Å². The zero-order valence-electron chi connectivity index (χ0n) is 19.2. The third kappa shape index (κ3) is 5.61. The number of sulfonamides is 1. The van der Waals surface area contributed by atoms with Crippen molar-refractivity contribution >= 4 is 44.6 Å². The number of benzene rings is 2. The Morgan fingerprint density at radius 3 is 2.34 bits per heavy atom. The molecule has 9 nitrogen and oxygen atoms in total. The summed E-state index contributed by atoms with van der Waals surface area (Å²) in [5.41, 5.74) is 3.04. The van der Waals surface area contributed by atoms with Crippen molar-refractivity contribution in [3.05, 3.63) is 93.6 Å². The van der Waals surface area contributed by atoms with E-state index in [1.54, 1.807) is 32.0 Å². The number of fused-ring (bicyclic) bond motifs is 1. The van der Waals surface area contributed by atoms with E-state index in [2.05, 4.69) is 20.0 Å². The predicted octanol–water partition coefficient (Wildman–Crippen LogP) is 3.96. The molecule has 2 aromatic carbocycles. The lowest BCUT2D eigenvalue weighted by Gasteiger charge is -2.09. The molecule has 35 heavy (non-hydrogen) atoms. The second-order valence-corrected chi connectivity index (χ2v) is 9.63. The van der Waals surface area contributed by atoms with E-state index in [0.29, 0.717) is 28.0 Å². The van der Waals surface area contributed by atoms with Gasteiger partial charge in [0.2, 0.25) is 11.9 Å². The van der Waals surface area contributed by atoms with E-state index in [0.717, 1.165) is 5.56 Å². The van der Waals surface area contributed by atoms with Crippen molar-refractivity contribution in [3.8, 4) is 0 Å². The molecule has 0 saturated heterocycles. The van der Waals surface area contributed by atoms with Gasteiger partial charge in [-0.15, -0.1) is 0 Å². The van der Waals surface area contributed by atoms with Gasteiger partial charge in [-0.25, -0.2) is 23.1 Å². The predicted molar refractivity (Wildman–Crippen MR) is 134 cm³/mol. The summed E-state index contributed by atoms with van der Waals surface area (Å²) in [7, 11) is -3.91. The molecule has 0 bridgehead atoms. The van der Waals surface area contributed by atoms with Crippen LogP contribution in [0, 0.1) is 20.8 Å². The number of nitrogens with one attached hydrogen (secondary N) is 2. The molecule has 0 aliphatic heterocycles. The van der Waals surface area contributed by atoms with Gasteiger partial charge < -0.3 is 9.73 Å². The Kier molecular flexibility index (Phi) is 6.48. The van der Waals surface area contributed by atoms with E-state index in [9.17, 15) is 18.0 Å². The van der Waals surface area contributed by atoms with E-state index >= 15 is 0 Å². The van der Waals surface area contributed by atoms with Gasteiger partial charge in [-0.05, 0) is 69.3 Å². The first-order valence-electron chi connectivity index (χ1n) is 10.6. The molecule has 10 heteroatoms. The minimum absolute atomic E-state index is 0.0154. The Labute approximate surface area is 201 Å². The average Bonchev–Trinajstić information content (AvgIpc) is 2.78. The van der Waals surface area contributed by atoms with Crippen molar-refractivity contribution < 1.29 is 17.6 Å². The van der Waals surface area contributed by atoms with Crippen LogP contribution >= 0.6 is 0 Å². The van der Waals surface area contributed by atoms with Crippen molar-refractivity contribution in [2.75, 3.05) is 10.0 Å². The van der Waals surface area contributed by atoms with Gasteiger partial charge in [0.15, 0.2) is 5.43 Å². The van der Waals surface area contributed by atoms with Gasteiger partial charge >= 0.3 is 0 Å². The maximum atomic E-state index is 12.6. The summed E-state index contributed by atoms with van der Waals surface area (Å²) in [5, 5.41) is 3.06. The van der Waals surface area contributed by atoms with Gasteiger partial charge in [0.25, 0.3) is 10.0 Å². The molecule has 0 fully saturated rings. The number of aryl methyl sites for hydroxylation is 3. The Morgan fingerprint density at radius 1 is 0.971 bits per heavy atom. The standard InChI is InChI=1S/C25H22N4O5S/c1-15-4-10-22-21(12-15)24(31)18(14-34-22)5-11-23(30)28-19-6-8-20(9-7-19)35(32,33)29-25-26-16(2)13-17(3)27-25/h4-14H,1-3H3,(H,28,30)(H,26,27,29)/b11-5+. The molecule has 1 amide bonds. The van der Waals surface area contributed by atoms with E-state index < -0.39 is 15.9 Å². The molecule has 0 saturated carbocycles. The van der Waals surface area contributed by atoms with Crippen LogP contribution in [0.15, 0.2) is 75.0 Å². The monoisotopic (exact) mass is 490 g/mol. The van der Waals surface area contributed by atoms with E-state index in [1.165, 1.54) is 42.7 Å². The number of amides is 1. The highest BCUT2D eigenvalue weighted by Crippen LogP contribution is 2.18. The number of hydrogen-bond donors (Lipinski definition) is 2. The molecule has 178 valence electrons. The van der Waals surface area contributed by atoms with Crippen LogP contribution in [-0.2, 0) is 14.8 Å². The van der Waals surface area contributed by atoms with E-state index in [-0.39, 0.29) is 21.8 Å². The lowest BCUT2D eigenvalue weighted by molar-refractivity contribution is -0.111. The first-order valence-corrected chi connectivity index (χ1v) is 12.1. The smallest absolute Gasteiger partial charge is 0.264 e. The Bertz CT molecular complexity index is 1600. The molecule has 2 heterocycles. The van der Waals surface area contributed by atoms with Gasteiger partial charge in [0.1, 0.15) is 11.8 Å². The fraction of sp³-hybridized carbons (Fsp3) is 0.120. The number of aromatic nitrogens is 2. The van der Waals surface area contributed by atoms with Crippen LogP contribution in [-0.4, -0.2) is 24.3 Å². The van der Waals surface area contributed by atoms with Gasteiger partial charge in [0.05, 0.1) is 15.8 Å². The molecule has 0 aliphatic carbocycles. The third-order valence-electron chi connectivity index (χ3n) is 5.01. The molecule has 0 atom stereocenters. The zero-order valence-corrected chi connectivity index (χ0v) is 20.0. The first kappa shape index (κ1) is 23.8. The second kappa shape index (κ2) is 9.51. The number of anilines is 2. The van der Waals surface area contributed by atoms with Crippen LogP contribution in [0.3, 0.4) is 0 Å². The van der Waals surface area contributed by atoms with Crippen molar-refractivity contribution in [1.29, 1.82) is 0 Å². The Balaban J connectivity index is 1.45. The fourth-order valence-corrected chi connectivity index (χ4v) is 4.34. The van der Waals surface area contributed by atoms with Crippen molar-refractivity contribution in [3.63, 3.8) is 0 Å². The van der Waals surface area contributed by atoms with Gasteiger partial charge in [-0.3, -0.25) is 9.59 Å². The minimum atomic E-state index is -3.91. The first-order chi connectivity index (χ1) is 16.6. The summed E-state index contributed by atoms with van der Waals surface area (Å²) in [6, 6.07) is 12.6. The van der Waals surface area contributed by atoms with Crippen molar-refractivity contribution in [2.24, 2.45) is 0 Å². The second-order valence-electron chi connectivity index (χ2n) is 7.95. The summed E-state index contributed by atoms with van der Waals surface area (Å²) >= 11 is 0. The maximum absolute atomic E-state index is 12.6. The Morgan fingerprint density at radius 2 is 1.66 bits per heavy atom. The van der Waals surface area contributed by atoms with Crippen LogP contribution in [0.25, 0.3) is 17.0 Å². The lowest BCUT2D eigenvalue weighted by Crippen LogP contribution is -2.16. The van der Waals surface area contributed by atoms with E-state index in [1.807, 2.05) is 13.0 Å². The summed E-state index contributed by atoms with van der Waals surface area (Å²) in [6.45, 7) is 5.36. The van der Waals surface area contributed by atoms with Crippen LogP contribution in [0.2, 0.25) is 0 Å². The SMILES string of the molecule is Cc1ccc2occ(/C=C/C(=O)Nc3ccc(S(=O)(=O)Nc4nc(C)cc(C)n4)cc3)c(=O)c2c1. The molecule has 0 aliphatic rings. The van der Waals surface area contributed by atoms with Crippen LogP contribution in [0.1, 0.15) is 22.5 Å². The fourth-order valence-electron chi connectivity index (χ4n) is 3.39. The summed E-state index contributed by atoms with van der Waals surface area (Å²) < 4.78 is 33.1. The molecule has 0 spiro atoms. The highest BCUT2D eigenvalue weighted by Gasteiger charge is 2.16. The number of carbonyl (C=O) groups excluding carboxylic acids is 1. The number of carbonyl (C=O) groups is 1. The summed E-state index contributed by atoms with van der Waals surface area (Å²) in [6.07, 6.45) is 3.88. The number of nitrogens with zero attached hydrogens (tertiary/aromatic N) is 2. The van der Waals surface area contributed by atoms with Crippen molar-refractivity contribution in [2.45, 2.75) is 25.7 Å². The molecule has 0 radical (unpaired) electrons. The van der Waals surface area contributed by atoms with Gasteiger partial charge in [-0.2, -0.15) is 0 Å².